The molecule has 21 heavy (non-hydrogen) atoms. The number of fused-ring (bicyclic) bond motifs is 1. The first kappa shape index (κ1) is 14.3. The van der Waals surface area contributed by atoms with Gasteiger partial charge in [0.15, 0.2) is 0 Å². The smallest absolute Gasteiger partial charge is 0.235 e. The minimum atomic E-state index is -0.253. The van der Waals surface area contributed by atoms with Gasteiger partial charge in [-0.25, -0.2) is 0 Å². The molecule has 3 nitrogen and oxygen atoms in total. The van der Waals surface area contributed by atoms with Crippen molar-refractivity contribution in [3.63, 3.8) is 0 Å². The molecule has 0 bridgehead atoms. The van der Waals surface area contributed by atoms with Crippen molar-refractivity contribution < 1.29 is 4.79 Å². The summed E-state index contributed by atoms with van der Waals surface area (Å²) in [5, 5.41) is 0. The summed E-state index contributed by atoms with van der Waals surface area (Å²) in [5.41, 5.74) is 9.29. The van der Waals surface area contributed by atoms with Gasteiger partial charge in [0.05, 0.1) is 6.04 Å². The van der Waals surface area contributed by atoms with Crippen LogP contribution in [0.25, 0.3) is 0 Å². The predicted molar refractivity (Wildman–Crippen MR) is 86.5 cm³/mol. The summed E-state index contributed by atoms with van der Waals surface area (Å²) in [6.45, 7) is 1.47. The Morgan fingerprint density at radius 1 is 1.14 bits per heavy atom. The minimum Gasteiger partial charge on any atom is -0.368 e. The van der Waals surface area contributed by atoms with E-state index < -0.39 is 0 Å². The molecule has 3 rings (SSSR count). The number of carbonyl (C=O) groups is 1. The van der Waals surface area contributed by atoms with Crippen molar-refractivity contribution in [2.45, 2.75) is 25.6 Å². The molecule has 4 heteroatoms. The number of nitrogens with two attached hydrogens (primary N) is 1. The first-order chi connectivity index (χ1) is 10.1. The number of hydrogen-bond donors (Lipinski definition) is 1. The molecule has 1 aliphatic heterocycles. The molecular weight excluding hydrogens is 328 g/mol. The Morgan fingerprint density at radius 3 is 2.52 bits per heavy atom. The maximum absolute atomic E-state index is 11.8. The fourth-order valence-corrected chi connectivity index (χ4v) is 3.28. The number of benzene rings is 2. The first-order valence-electron chi connectivity index (χ1n) is 6.98. The highest BCUT2D eigenvalue weighted by Gasteiger charge is 2.30. The van der Waals surface area contributed by atoms with E-state index in [4.69, 9.17) is 5.73 Å². The Morgan fingerprint density at radius 2 is 1.81 bits per heavy atom. The second-order valence-corrected chi connectivity index (χ2v) is 6.24. The zero-order chi connectivity index (χ0) is 14.8. The average molecular weight is 345 g/mol. The van der Waals surface area contributed by atoms with Crippen LogP contribution >= 0.6 is 15.9 Å². The normalized spacial score (nSPS) is 18.2. The predicted octanol–water partition coefficient (Wildman–Crippen LogP) is 2.86. The van der Waals surface area contributed by atoms with E-state index in [9.17, 15) is 4.79 Å². The van der Waals surface area contributed by atoms with E-state index in [0.29, 0.717) is 13.0 Å². The van der Waals surface area contributed by atoms with Gasteiger partial charge in [0.25, 0.3) is 0 Å². The van der Waals surface area contributed by atoms with E-state index in [2.05, 4.69) is 39.0 Å². The lowest BCUT2D eigenvalue weighted by Crippen LogP contribution is -2.48. The van der Waals surface area contributed by atoms with Crippen LogP contribution in [-0.4, -0.2) is 16.8 Å². The standard InChI is InChI=1S/C17H17BrN2O/c18-15-8-4-3-7-14(15)11-20-10-13-6-2-1-5-12(13)9-16(20)17(19)21/h1-8,16H,9-11H2,(H2,19,21)/t16-/m1/s1. The van der Waals surface area contributed by atoms with Gasteiger partial charge in [0.1, 0.15) is 0 Å². The van der Waals surface area contributed by atoms with Crippen LogP contribution in [0.5, 0.6) is 0 Å². The van der Waals surface area contributed by atoms with E-state index in [-0.39, 0.29) is 11.9 Å². The third-order valence-corrected chi connectivity index (χ3v) is 4.78. The highest BCUT2D eigenvalue weighted by molar-refractivity contribution is 9.10. The van der Waals surface area contributed by atoms with Gasteiger partial charge in [0, 0.05) is 17.6 Å². The van der Waals surface area contributed by atoms with Crippen LogP contribution in [0.15, 0.2) is 53.0 Å². The lowest BCUT2D eigenvalue weighted by molar-refractivity contribution is -0.124. The van der Waals surface area contributed by atoms with Gasteiger partial charge >= 0.3 is 0 Å². The summed E-state index contributed by atoms with van der Waals surface area (Å²) in [4.78, 5) is 14.0. The van der Waals surface area contributed by atoms with Crippen molar-refractivity contribution in [1.82, 2.24) is 4.90 Å². The summed E-state index contributed by atoms with van der Waals surface area (Å²) in [6.07, 6.45) is 0.690. The molecule has 0 saturated heterocycles. The topological polar surface area (TPSA) is 46.3 Å². The Hall–Kier alpha value is -1.65. The summed E-state index contributed by atoms with van der Waals surface area (Å²) >= 11 is 3.57. The lowest BCUT2D eigenvalue weighted by Gasteiger charge is -2.35. The highest BCUT2D eigenvalue weighted by Crippen LogP contribution is 2.26. The number of carbonyl (C=O) groups excluding carboxylic acids is 1. The van der Waals surface area contributed by atoms with Crippen LogP contribution in [0.2, 0.25) is 0 Å². The lowest BCUT2D eigenvalue weighted by atomic mass is 9.93. The van der Waals surface area contributed by atoms with Crippen molar-refractivity contribution in [1.29, 1.82) is 0 Å². The molecule has 1 amide bonds. The van der Waals surface area contributed by atoms with Crippen LogP contribution in [0.1, 0.15) is 16.7 Å². The van der Waals surface area contributed by atoms with Gasteiger partial charge in [-0.15, -0.1) is 0 Å². The van der Waals surface area contributed by atoms with Crippen LogP contribution < -0.4 is 5.73 Å². The Bertz CT molecular complexity index is 671. The third kappa shape index (κ3) is 3.01. The van der Waals surface area contributed by atoms with E-state index in [0.717, 1.165) is 11.0 Å². The molecular formula is C17H17BrN2O. The monoisotopic (exact) mass is 344 g/mol. The number of primary amides is 1. The molecule has 0 aromatic heterocycles. The number of hydrogen-bond acceptors (Lipinski definition) is 2. The second kappa shape index (κ2) is 6.00. The number of nitrogens with zero attached hydrogens (tertiary/aromatic N) is 1. The molecule has 1 heterocycles. The van der Waals surface area contributed by atoms with Crippen molar-refractivity contribution in [2.24, 2.45) is 5.73 Å². The Kier molecular flexibility index (Phi) is 4.08. The average Bonchev–Trinajstić information content (AvgIpc) is 2.48. The van der Waals surface area contributed by atoms with Crippen molar-refractivity contribution in [3.05, 3.63) is 69.7 Å². The molecule has 108 valence electrons. The molecule has 2 aromatic rings. The zero-order valence-corrected chi connectivity index (χ0v) is 13.2. The molecule has 0 unspecified atom stereocenters. The molecule has 1 atom stereocenters. The van der Waals surface area contributed by atoms with Crippen LogP contribution in [0.4, 0.5) is 0 Å². The fourth-order valence-electron chi connectivity index (χ4n) is 2.87. The summed E-state index contributed by atoms with van der Waals surface area (Å²) in [5.74, 6) is -0.253. The molecule has 1 aliphatic rings. The second-order valence-electron chi connectivity index (χ2n) is 5.39. The van der Waals surface area contributed by atoms with Gasteiger partial charge in [-0.1, -0.05) is 58.4 Å². The summed E-state index contributed by atoms with van der Waals surface area (Å²) in [7, 11) is 0. The van der Waals surface area contributed by atoms with Crippen molar-refractivity contribution >= 4 is 21.8 Å². The minimum absolute atomic E-state index is 0.244. The van der Waals surface area contributed by atoms with Gasteiger partial charge in [-0.3, -0.25) is 9.69 Å². The fraction of sp³-hybridized carbons (Fsp3) is 0.235. The van der Waals surface area contributed by atoms with Crippen molar-refractivity contribution in [2.75, 3.05) is 0 Å². The maximum Gasteiger partial charge on any atom is 0.235 e. The third-order valence-electron chi connectivity index (χ3n) is 4.01. The largest absolute Gasteiger partial charge is 0.368 e. The van der Waals surface area contributed by atoms with E-state index in [1.54, 1.807) is 0 Å². The number of amides is 1. The molecule has 0 spiro atoms. The molecule has 0 fully saturated rings. The van der Waals surface area contributed by atoms with Crippen molar-refractivity contribution in [3.8, 4) is 0 Å². The van der Waals surface area contributed by atoms with Crippen LogP contribution in [0, 0.1) is 0 Å². The maximum atomic E-state index is 11.8. The summed E-state index contributed by atoms with van der Waals surface area (Å²) < 4.78 is 1.06. The summed E-state index contributed by atoms with van der Waals surface area (Å²) in [6, 6.07) is 16.1. The molecule has 0 saturated carbocycles. The van der Waals surface area contributed by atoms with Gasteiger partial charge in [0.2, 0.25) is 5.91 Å². The zero-order valence-electron chi connectivity index (χ0n) is 11.6. The van der Waals surface area contributed by atoms with Gasteiger partial charge < -0.3 is 5.73 Å². The molecule has 0 radical (unpaired) electrons. The Labute approximate surface area is 132 Å². The van der Waals surface area contributed by atoms with E-state index in [1.165, 1.54) is 16.7 Å². The number of halogens is 1. The molecule has 2 aromatic carbocycles. The molecule has 0 aliphatic carbocycles. The molecule has 2 N–H and O–H groups in total. The SMILES string of the molecule is NC(=O)[C@H]1Cc2ccccc2CN1Cc1ccccc1Br. The van der Waals surface area contributed by atoms with Gasteiger partial charge in [-0.05, 0) is 29.2 Å². The first-order valence-corrected chi connectivity index (χ1v) is 7.78. The van der Waals surface area contributed by atoms with E-state index >= 15 is 0 Å². The van der Waals surface area contributed by atoms with E-state index in [1.807, 2.05) is 30.3 Å². The van der Waals surface area contributed by atoms with Crippen LogP contribution in [-0.2, 0) is 24.3 Å². The Balaban J connectivity index is 1.89. The highest BCUT2D eigenvalue weighted by atomic mass is 79.9. The number of rotatable bonds is 3. The van der Waals surface area contributed by atoms with Gasteiger partial charge in [-0.2, -0.15) is 0 Å². The quantitative estimate of drug-likeness (QED) is 0.930. The van der Waals surface area contributed by atoms with Crippen LogP contribution in [0.3, 0.4) is 0 Å².